The van der Waals surface area contributed by atoms with E-state index < -0.39 is 0 Å². The quantitative estimate of drug-likeness (QED) is 0.909. The lowest BCUT2D eigenvalue weighted by atomic mass is 10.2. The fourth-order valence-corrected chi connectivity index (χ4v) is 2.77. The topological polar surface area (TPSA) is 37.6 Å². The Balaban J connectivity index is 1.54. The van der Waals surface area contributed by atoms with Gasteiger partial charge in [0, 0.05) is 18.0 Å². The van der Waals surface area contributed by atoms with Crippen LogP contribution >= 0.6 is 0 Å². The Hall–Kier alpha value is -2.27. The van der Waals surface area contributed by atoms with E-state index in [1.165, 1.54) is 17.0 Å². The van der Waals surface area contributed by atoms with Crippen molar-refractivity contribution in [1.82, 2.24) is 9.88 Å². The molecule has 1 aromatic carbocycles. The van der Waals surface area contributed by atoms with Gasteiger partial charge < -0.3 is 9.80 Å². The van der Waals surface area contributed by atoms with Gasteiger partial charge in [0.25, 0.3) is 5.91 Å². The molecule has 1 N–H and O–H groups in total. The van der Waals surface area contributed by atoms with E-state index in [-0.39, 0.29) is 11.7 Å². The summed E-state index contributed by atoms with van der Waals surface area (Å²) in [4.78, 5) is 19.6. The van der Waals surface area contributed by atoms with Crippen LogP contribution in [0.4, 0.5) is 4.39 Å². The Morgan fingerprint density at radius 3 is 2.55 bits per heavy atom. The lowest BCUT2D eigenvalue weighted by Crippen LogP contribution is -3.13. The van der Waals surface area contributed by atoms with Gasteiger partial charge >= 0.3 is 0 Å². The molecule has 1 fully saturated rings. The second kappa shape index (κ2) is 6.66. The van der Waals surface area contributed by atoms with Crippen LogP contribution in [0.1, 0.15) is 15.9 Å². The van der Waals surface area contributed by atoms with Crippen molar-refractivity contribution in [3.63, 3.8) is 0 Å². The van der Waals surface area contributed by atoms with Crippen LogP contribution in [-0.2, 0) is 6.54 Å². The predicted octanol–water partition coefficient (Wildman–Crippen LogP) is 0.762. The zero-order valence-electron chi connectivity index (χ0n) is 12.3. The summed E-state index contributed by atoms with van der Waals surface area (Å²) in [5.74, 6) is -0.153. The van der Waals surface area contributed by atoms with Gasteiger partial charge in [-0.15, -0.1) is 0 Å². The maximum absolute atomic E-state index is 12.9. The zero-order valence-corrected chi connectivity index (χ0v) is 12.3. The summed E-state index contributed by atoms with van der Waals surface area (Å²) < 4.78 is 12.9. The third kappa shape index (κ3) is 3.49. The number of carbonyl (C=O) groups is 1. The number of nitrogens with zero attached hydrogens (tertiary/aromatic N) is 2. The van der Waals surface area contributed by atoms with Gasteiger partial charge in [-0.25, -0.2) is 4.39 Å². The summed E-state index contributed by atoms with van der Waals surface area (Å²) in [6.07, 6.45) is 3.28. The molecule has 114 valence electrons. The van der Waals surface area contributed by atoms with Gasteiger partial charge in [0.2, 0.25) is 0 Å². The van der Waals surface area contributed by atoms with E-state index in [1.54, 1.807) is 24.5 Å². The molecule has 0 saturated carbocycles. The Kier molecular flexibility index (Phi) is 4.44. The van der Waals surface area contributed by atoms with Gasteiger partial charge in [0.15, 0.2) is 0 Å². The van der Waals surface area contributed by atoms with Gasteiger partial charge in [-0.2, -0.15) is 0 Å². The van der Waals surface area contributed by atoms with Crippen LogP contribution in [0.5, 0.6) is 0 Å². The molecule has 5 heteroatoms. The number of benzene rings is 1. The van der Waals surface area contributed by atoms with Crippen LogP contribution in [-0.4, -0.2) is 42.0 Å². The number of nitrogens with one attached hydrogen (secondary N) is 1. The van der Waals surface area contributed by atoms with Crippen LogP contribution in [0, 0.1) is 5.82 Å². The van der Waals surface area contributed by atoms with E-state index in [0.717, 1.165) is 38.3 Å². The molecule has 4 nitrogen and oxygen atoms in total. The fraction of sp³-hybridized carbons (Fsp3) is 0.294. The molecule has 1 aromatic heterocycles. The normalized spacial score (nSPS) is 15.8. The first-order valence-corrected chi connectivity index (χ1v) is 7.50. The number of amides is 1. The van der Waals surface area contributed by atoms with Gasteiger partial charge in [0.05, 0.1) is 31.7 Å². The number of piperazine rings is 1. The lowest BCUT2D eigenvalue weighted by Gasteiger charge is -2.32. The minimum absolute atomic E-state index is 0.0499. The Bertz CT molecular complexity index is 622. The minimum Gasteiger partial charge on any atom is -0.328 e. The molecule has 0 bridgehead atoms. The van der Waals surface area contributed by atoms with Gasteiger partial charge in [0.1, 0.15) is 12.4 Å². The largest absolute Gasteiger partial charge is 0.328 e. The second-order valence-electron chi connectivity index (χ2n) is 5.59. The molecule has 2 aromatic rings. The van der Waals surface area contributed by atoms with E-state index in [4.69, 9.17) is 0 Å². The van der Waals surface area contributed by atoms with E-state index in [9.17, 15) is 9.18 Å². The van der Waals surface area contributed by atoms with Crippen molar-refractivity contribution in [2.75, 3.05) is 26.2 Å². The molecule has 0 radical (unpaired) electrons. The summed E-state index contributed by atoms with van der Waals surface area (Å²) in [7, 11) is 0. The van der Waals surface area contributed by atoms with Crippen LogP contribution in [0.2, 0.25) is 0 Å². The fourth-order valence-electron chi connectivity index (χ4n) is 2.77. The standard InChI is InChI=1S/C17H18FN3O/c18-16-5-3-14(4-6-16)13-20-8-10-21(11-9-20)17(22)15-2-1-7-19-12-15/h1-7,12H,8-11,13H2/p+1. The first-order valence-electron chi connectivity index (χ1n) is 7.50. The molecule has 0 spiro atoms. The van der Waals surface area contributed by atoms with E-state index in [2.05, 4.69) is 4.98 Å². The highest BCUT2D eigenvalue weighted by molar-refractivity contribution is 5.93. The molecule has 0 aliphatic carbocycles. The molecule has 0 atom stereocenters. The van der Waals surface area contributed by atoms with Gasteiger partial charge in [-0.3, -0.25) is 9.78 Å². The average molecular weight is 300 g/mol. The molecule has 0 unspecified atom stereocenters. The van der Waals surface area contributed by atoms with Gasteiger partial charge in [-0.1, -0.05) is 12.1 Å². The number of hydrogen-bond acceptors (Lipinski definition) is 2. The van der Waals surface area contributed by atoms with Crippen LogP contribution < -0.4 is 4.90 Å². The Labute approximate surface area is 129 Å². The molecule has 3 rings (SSSR count). The lowest BCUT2D eigenvalue weighted by molar-refractivity contribution is -0.917. The predicted molar refractivity (Wildman–Crippen MR) is 80.9 cm³/mol. The van der Waals surface area contributed by atoms with Crippen molar-refractivity contribution in [1.29, 1.82) is 0 Å². The number of hydrogen-bond donors (Lipinski definition) is 1. The van der Waals surface area contributed by atoms with Crippen LogP contribution in [0.15, 0.2) is 48.8 Å². The molecule has 1 aliphatic heterocycles. The highest BCUT2D eigenvalue weighted by Crippen LogP contribution is 2.04. The summed E-state index contributed by atoms with van der Waals surface area (Å²) in [5, 5.41) is 0. The van der Waals surface area contributed by atoms with Crippen molar-refractivity contribution in [3.05, 3.63) is 65.7 Å². The van der Waals surface area contributed by atoms with Crippen molar-refractivity contribution in [3.8, 4) is 0 Å². The van der Waals surface area contributed by atoms with E-state index in [0.29, 0.717) is 5.56 Å². The third-order valence-corrected chi connectivity index (χ3v) is 4.03. The maximum atomic E-state index is 12.9. The molecule has 1 amide bonds. The third-order valence-electron chi connectivity index (χ3n) is 4.03. The first-order chi connectivity index (χ1) is 10.7. The number of halogens is 1. The highest BCUT2D eigenvalue weighted by atomic mass is 19.1. The minimum atomic E-state index is -0.203. The number of quaternary nitrogens is 1. The van der Waals surface area contributed by atoms with E-state index in [1.807, 2.05) is 17.0 Å². The van der Waals surface area contributed by atoms with Crippen molar-refractivity contribution < 1.29 is 14.1 Å². The summed E-state index contributed by atoms with van der Waals surface area (Å²) in [6, 6.07) is 10.2. The number of carbonyl (C=O) groups excluding carboxylic acids is 1. The van der Waals surface area contributed by atoms with Crippen molar-refractivity contribution in [2.45, 2.75) is 6.54 Å². The molecular formula is C17H19FN3O+. The van der Waals surface area contributed by atoms with Crippen molar-refractivity contribution in [2.24, 2.45) is 0 Å². The maximum Gasteiger partial charge on any atom is 0.255 e. The number of aromatic nitrogens is 1. The second-order valence-corrected chi connectivity index (χ2v) is 5.59. The van der Waals surface area contributed by atoms with Crippen molar-refractivity contribution >= 4 is 5.91 Å². The summed E-state index contributed by atoms with van der Waals surface area (Å²) >= 11 is 0. The van der Waals surface area contributed by atoms with E-state index >= 15 is 0 Å². The molecule has 2 heterocycles. The average Bonchev–Trinajstić information content (AvgIpc) is 2.58. The van der Waals surface area contributed by atoms with Crippen LogP contribution in [0.3, 0.4) is 0 Å². The summed E-state index contributed by atoms with van der Waals surface area (Å²) in [5.41, 5.74) is 1.77. The molecule has 22 heavy (non-hydrogen) atoms. The highest BCUT2D eigenvalue weighted by Gasteiger charge is 2.24. The summed E-state index contributed by atoms with van der Waals surface area (Å²) in [6.45, 7) is 4.16. The number of pyridine rings is 1. The van der Waals surface area contributed by atoms with Crippen LogP contribution in [0.25, 0.3) is 0 Å². The monoisotopic (exact) mass is 300 g/mol. The smallest absolute Gasteiger partial charge is 0.255 e. The molecular weight excluding hydrogens is 281 g/mol. The zero-order chi connectivity index (χ0) is 15.4. The Morgan fingerprint density at radius 1 is 1.18 bits per heavy atom. The Morgan fingerprint density at radius 2 is 1.91 bits per heavy atom. The number of rotatable bonds is 3. The van der Waals surface area contributed by atoms with Gasteiger partial charge in [-0.05, 0) is 24.3 Å². The first kappa shape index (κ1) is 14.7. The molecule has 1 saturated heterocycles. The SMILES string of the molecule is O=C(c1cccnc1)N1CC[NH+](Cc2ccc(F)cc2)CC1. The molecule has 1 aliphatic rings.